The van der Waals surface area contributed by atoms with Gasteiger partial charge < -0.3 is 18.6 Å². The normalized spacial score (nSPS) is 26.0. The van der Waals surface area contributed by atoms with Crippen molar-refractivity contribution in [2.45, 2.75) is 77.4 Å². The van der Waals surface area contributed by atoms with Gasteiger partial charge in [-0.2, -0.15) is 0 Å². The largest absolute Gasteiger partial charge is 0.466 e. The predicted molar refractivity (Wildman–Crippen MR) is 97.4 cm³/mol. The maximum absolute atomic E-state index is 13.1. The van der Waals surface area contributed by atoms with E-state index in [2.05, 4.69) is 31.1 Å². The van der Waals surface area contributed by atoms with Crippen molar-refractivity contribution in [3.8, 4) is 11.5 Å². The standard InChI is InChI=1S/C19H28O5Si/c1-17(2,3)23-16(20)19(11-13-25(6,7)8)15(14-10-9-12-21-14)22-18(4,5)24-19/h9-10,12,15H,1-8H3/t15-,19+/m1/s1. The molecule has 0 aromatic carbocycles. The van der Waals surface area contributed by atoms with Crippen LogP contribution in [0.1, 0.15) is 46.5 Å². The summed E-state index contributed by atoms with van der Waals surface area (Å²) in [5.41, 5.74) is 1.01. The van der Waals surface area contributed by atoms with Crippen LogP contribution in [0.15, 0.2) is 22.8 Å². The average Bonchev–Trinajstić information content (AvgIpc) is 2.99. The number of rotatable bonds is 2. The lowest BCUT2D eigenvalue weighted by atomic mass is 9.95. The molecular formula is C19H28O5Si. The number of ether oxygens (including phenoxy) is 3. The number of hydrogen-bond acceptors (Lipinski definition) is 5. The second-order valence-electron chi connectivity index (χ2n) is 8.75. The molecule has 1 aliphatic rings. The van der Waals surface area contributed by atoms with Crippen molar-refractivity contribution < 1.29 is 23.4 Å². The Balaban J connectivity index is 2.58. The van der Waals surface area contributed by atoms with Crippen LogP contribution in [0.3, 0.4) is 0 Å². The van der Waals surface area contributed by atoms with Crippen LogP contribution in [0, 0.1) is 11.5 Å². The molecule has 0 N–H and O–H groups in total. The summed E-state index contributed by atoms with van der Waals surface area (Å²) in [6.45, 7) is 15.3. The zero-order chi connectivity index (χ0) is 19.1. The summed E-state index contributed by atoms with van der Waals surface area (Å²) < 4.78 is 23.2. The molecule has 0 aliphatic carbocycles. The molecule has 1 saturated heterocycles. The topological polar surface area (TPSA) is 57.9 Å². The summed E-state index contributed by atoms with van der Waals surface area (Å²) in [4.78, 5) is 13.1. The summed E-state index contributed by atoms with van der Waals surface area (Å²) in [7, 11) is -1.77. The number of esters is 1. The van der Waals surface area contributed by atoms with E-state index in [1.807, 2.05) is 20.8 Å². The van der Waals surface area contributed by atoms with E-state index in [1.165, 1.54) is 6.26 Å². The van der Waals surface area contributed by atoms with Crippen molar-refractivity contribution >= 4 is 14.0 Å². The molecule has 0 amide bonds. The van der Waals surface area contributed by atoms with E-state index in [0.717, 1.165) is 0 Å². The van der Waals surface area contributed by atoms with Gasteiger partial charge in [0.05, 0.1) is 6.26 Å². The highest BCUT2D eigenvalue weighted by Crippen LogP contribution is 2.47. The van der Waals surface area contributed by atoms with Crippen LogP contribution < -0.4 is 0 Å². The third kappa shape index (κ3) is 4.75. The minimum atomic E-state index is -1.77. The molecular weight excluding hydrogens is 336 g/mol. The van der Waals surface area contributed by atoms with Crippen LogP contribution in [-0.2, 0) is 19.0 Å². The Hall–Kier alpha value is -1.55. The van der Waals surface area contributed by atoms with E-state index >= 15 is 0 Å². The minimum absolute atomic E-state index is 0.487. The van der Waals surface area contributed by atoms with Crippen molar-refractivity contribution in [3.05, 3.63) is 24.2 Å². The van der Waals surface area contributed by atoms with Crippen molar-refractivity contribution in [2.75, 3.05) is 0 Å². The molecule has 1 aromatic rings. The van der Waals surface area contributed by atoms with Crippen LogP contribution in [0.4, 0.5) is 0 Å². The molecule has 0 saturated carbocycles. The Morgan fingerprint density at radius 3 is 2.40 bits per heavy atom. The summed E-state index contributed by atoms with van der Waals surface area (Å²) in [5.74, 6) is 2.01. The van der Waals surface area contributed by atoms with Gasteiger partial charge in [-0.05, 0) is 46.8 Å². The highest BCUT2D eigenvalue weighted by Gasteiger charge is 2.61. The van der Waals surface area contributed by atoms with Crippen molar-refractivity contribution in [1.29, 1.82) is 0 Å². The van der Waals surface area contributed by atoms with Gasteiger partial charge in [0, 0.05) is 0 Å². The van der Waals surface area contributed by atoms with Gasteiger partial charge in [0.15, 0.2) is 11.9 Å². The van der Waals surface area contributed by atoms with Crippen molar-refractivity contribution in [1.82, 2.24) is 0 Å². The second-order valence-corrected chi connectivity index (χ2v) is 13.5. The summed E-state index contributed by atoms with van der Waals surface area (Å²) in [6, 6.07) is 3.50. The van der Waals surface area contributed by atoms with E-state index in [1.54, 1.807) is 26.0 Å². The molecule has 1 aromatic heterocycles. The Labute approximate surface area is 151 Å². The number of carbonyl (C=O) groups is 1. The fourth-order valence-corrected chi connectivity index (χ4v) is 3.02. The molecule has 0 radical (unpaired) electrons. The molecule has 1 aliphatic heterocycles. The lowest BCUT2D eigenvalue weighted by Crippen LogP contribution is -2.47. The molecule has 25 heavy (non-hydrogen) atoms. The second kappa shape index (κ2) is 6.31. The summed E-state index contributed by atoms with van der Waals surface area (Å²) in [5, 5.41) is 0. The molecule has 0 spiro atoms. The first kappa shape index (κ1) is 19.8. The van der Waals surface area contributed by atoms with Gasteiger partial charge in [0.1, 0.15) is 19.4 Å². The first-order valence-corrected chi connectivity index (χ1v) is 11.9. The molecule has 138 valence electrons. The first-order chi connectivity index (χ1) is 11.2. The predicted octanol–water partition coefficient (Wildman–Crippen LogP) is 4.06. The van der Waals surface area contributed by atoms with E-state index in [9.17, 15) is 4.79 Å². The third-order valence-corrected chi connectivity index (χ3v) is 4.18. The fourth-order valence-electron chi connectivity index (χ4n) is 2.46. The summed E-state index contributed by atoms with van der Waals surface area (Å²) in [6.07, 6.45) is 0.742. The number of hydrogen-bond donors (Lipinski definition) is 0. The Kier molecular flexibility index (Phi) is 4.99. The van der Waals surface area contributed by atoms with Gasteiger partial charge >= 0.3 is 5.97 Å². The van der Waals surface area contributed by atoms with E-state index in [0.29, 0.717) is 5.76 Å². The Morgan fingerprint density at radius 1 is 1.28 bits per heavy atom. The van der Waals surface area contributed by atoms with Gasteiger partial charge in [-0.3, -0.25) is 0 Å². The Morgan fingerprint density at radius 2 is 1.92 bits per heavy atom. The number of carbonyl (C=O) groups excluding carboxylic acids is 1. The highest BCUT2D eigenvalue weighted by atomic mass is 28.3. The van der Waals surface area contributed by atoms with Crippen molar-refractivity contribution in [2.24, 2.45) is 0 Å². The lowest BCUT2D eigenvalue weighted by molar-refractivity contribution is -0.188. The van der Waals surface area contributed by atoms with E-state index in [4.69, 9.17) is 18.6 Å². The molecule has 6 heteroatoms. The highest BCUT2D eigenvalue weighted by molar-refractivity contribution is 6.83. The zero-order valence-corrected chi connectivity index (χ0v) is 17.4. The van der Waals surface area contributed by atoms with Crippen LogP contribution in [0.2, 0.25) is 19.6 Å². The quantitative estimate of drug-likeness (QED) is 0.450. The zero-order valence-electron chi connectivity index (χ0n) is 16.4. The van der Waals surface area contributed by atoms with Gasteiger partial charge in [-0.15, -0.1) is 5.54 Å². The molecule has 0 unspecified atom stereocenters. The van der Waals surface area contributed by atoms with Gasteiger partial charge in [0.2, 0.25) is 0 Å². The van der Waals surface area contributed by atoms with Gasteiger partial charge in [-0.1, -0.05) is 25.6 Å². The third-order valence-electron chi connectivity index (χ3n) is 3.30. The molecule has 2 heterocycles. The SMILES string of the molecule is CC(C)(C)OC(=O)[C@@]1(C#C[Si](C)(C)C)OC(C)(C)O[C@@H]1c1ccco1. The van der Waals surface area contributed by atoms with Gasteiger partial charge in [0.25, 0.3) is 5.60 Å². The lowest BCUT2D eigenvalue weighted by Gasteiger charge is -2.29. The van der Waals surface area contributed by atoms with E-state index < -0.39 is 37.1 Å². The minimum Gasteiger partial charge on any atom is -0.466 e. The van der Waals surface area contributed by atoms with E-state index in [-0.39, 0.29) is 0 Å². The molecule has 1 fully saturated rings. The molecule has 0 bridgehead atoms. The van der Waals surface area contributed by atoms with Crippen molar-refractivity contribution in [3.63, 3.8) is 0 Å². The first-order valence-electron chi connectivity index (χ1n) is 8.43. The average molecular weight is 365 g/mol. The number of furan rings is 1. The molecule has 5 nitrogen and oxygen atoms in total. The van der Waals surface area contributed by atoms with Gasteiger partial charge in [-0.25, -0.2) is 4.79 Å². The maximum atomic E-state index is 13.1. The van der Waals surface area contributed by atoms with Crippen LogP contribution in [0.5, 0.6) is 0 Å². The fraction of sp³-hybridized carbons (Fsp3) is 0.632. The van der Waals surface area contributed by atoms with Crippen LogP contribution >= 0.6 is 0 Å². The summed E-state index contributed by atoms with van der Waals surface area (Å²) >= 11 is 0. The monoisotopic (exact) mass is 364 g/mol. The molecule has 2 rings (SSSR count). The van der Waals surface area contributed by atoms with Crippen LogP contribution in [0.25, 0.3) is 0 Å². The smallest absolute Gasteiger partial charge is 0.355 e. The Bertz CT molecular complexity index is 682. The molecule has 2 atom stereocenters. The van der Waals surface area contributed by atoms with Crippen LogP contribution in [-0.4, -0.2) is 31.0 Å². The maximum Gasteiger partial charge on any atom is 0.355 e.